The fourth-order valence-corrected chi connectivity index (χ4v) is 3.59. The van der Waals surface area contributed by atoms with E-state index in [4.69, 9.17) is 5.73 Å². The lowest BCUT2D eigenvalue weighted by atomic mass is 10.1. The summed E-state index contributed by atoms with van der Waals surface area (Å²) >= 11 is 1.12. The van der Waals surface area contributed by atoms with Crippen LogP contribution < -0.4 is 16.4 Å². The second-order valence-corrected chi connectivity index (χ2v) is 7.17. The number of fused-ring (bicyclic) bond motifs is 1. The van der Waals surface area contributed by atoms with Crippen LogP contribution in [0, 0.1) is 0 Å². The summed E-state index contributed by atoms with van der Waals surface area (Å²) in [5.41, 5.74) is 6.21. The van der Waals surface area contributed by atoms with Gasteiger partial charge in [0.1, 0.15) is 11.3 Å². The molecule has 10 nitrogen and oxygen atoms in total. The number of tetrazole rings is 1. The molecule has 2 heterocycles. The molecule has 4 rings (SSSR count). The highest BCUT2D eigenvalue weighted by Crippen LogP contribution is 2.31. The highest BCUT2D eigenvalue weighted by Gasteiger charge is 2.17. The van der Waals surface area contributed by atoms with Crippen LogP contribution in [0.4, 0.5) is 15.8 Å². The summed E-state index contributed by atoms with van der Waals surface area (Å²) in [5, 5.41) is 19.4. The number of benzene rings is 2. The predicted molar refractivity (Wildman–Crippen MR) is 113 cm³/mol. The Hall–Kier alpha value is -4.12. The number of rotatable bonds is 7. The Kier molecular flexibility index (Phi) is 5.44. The van der Waals surface area contributed by atoms with E-state index in [0.717, 1.165) is 27.8 Å². The molecule has 150 valence electrons. The summed E-state index contributed by atoms with van der Waals surface area (Å²) in [6.07, 6.45) is 4.34. The van der Waals surface area contributed by atoms with Crippen LogP contribution in [0.2, 0.25) is 0 Å². The molecule has 0 aliphatic rings. The summed E-state index contributed by atoms with van der Waals surface area (Å²) in [6.45, 7) is 0.334. The van der Waals surface area contributed by atoms with Crippen molar-refractivity contribution in [3.63, 3.8) is 0 Å². The molecule has 0 radical (unpaired) electrons. The van der Waals surface area contributed by atoms with Crippen LogP contribution in [-0.2, 0) is 11.3 Å². The highest BCUT2D eigenvalue weighted by molar-refractivity contribution is 7.20. The molecule has 0 spiro atoms. The van der Waals surface area contributed by atoms with Gasteiger partial charge in [0.25, 0.3) is 5.91 Å². The minimum atomic E-state index is -0.731. The van der Waals surface area contributed by atoms with Crippen molar-refractivity contribution in [1.29, 1.82) is 0 Å². The van der Waals surface area contributed by atoms with E-state index in [1.165, 1.54) is 17.1 Å². The Bertz CT molecular complexity index is 1230. The van der Waals surface area contributed by atoms with Crippen LogP contribution >= 0.6 is 11.3 Å². The van der Waals surface area contributed by atoms with Gasteiger partial charge in [0.15, 0.2) is 10.8 Å². The van der Waals surface area contributed by atoms with Crippen molar-refractivity contribution in [3.8, 4) is 0 Å². The lowest BCUT2D eigenvalue weighted by molar-refractivity contribution is -0.111. The summed E-state index contributed by atoms with van der Waals surface area (Å²) in [6, 6.07) is 13.8. The molecule has 30 heavy (non-hydrogen) atoms. The SMILES string of the molecule is NC(=O)c1nc(Nc2ccc3ccccc3c2)sc1NC(=O)C=CCn1cnnn1. The zero-order chi connectivity index (χ0) is 20.9. The standard InChI is InChI=1S/C19H16N8O2S/c20-17(29)16-18(23-15(28)6-3-9-27-11-21-25-26-27)30-19(24-16)22-14-8-7-12-4-1-2-5-13(12)10-14/h1-8,10-11H,9H2,(H2,20,29)(H,22,24)(H,23,28). The summed E-state index contributed by atoms with van der Waals surface area (Å²) in [7, 11) is 0. The quantitative estimate of drug-likeness (QED) is 0.390. The van der Waals surface area contributed by atoms with E-state index in [1.807, 2.05) is 42.5 Å². The summed E-state index contributed by atoms with van der Waals surface area (Å²) < 4.78 is 1.46. The smallest absolute Gasteiger partial charge is 0.270 e. The topological polar surface area (TPSA) is 141 Å². The van der Waals surface area contributed by atoms with E-state index >= 15 is 0 Å². The molecule has 0 aliphatic heterocycles. The molecule has 0 fully saturated rings. The molecule has 0 saturated heterocycles. The number of hydrogen-bond acceptors (Lipinski definition) is 8. The maximum absolute atomic E-state index is 12.2. The average molecular weight is 420 g/mol. The first kappa shape index (κ1) is 19.2. The number of aromatic nitrogens is 5. The largest absolute Gasteiger partial charge is 0.364 e. The number of hydrogen-bond donors (Lipinski definition) is 3. The Morgan fingerprint density at radius 2 is 2.00 bits per heavy atom. The molecule has 4 aromatic rings. The monoisotopic (exact) mass is 420 g/mol. The van der Waals surface area contributed by atoms with Crippen LogP contribution in [0.1, 0.15) is 10.5 Å². The van der Waals surface area contributed by atoms with Crippen molar-refractivity contribution < 1.29 is 9.59 Å². The second kappa shape index (κ2) is 8.49. The maximum atomic E-state index is 12.2. The molecule has 11 heteroatoms. The third-order valence-electron chi connectivity index (χ3n) is 4.05. The molecule has 0 saturated carbocycles. The van der Waals surface area contributed by atoms with E-state index in [0.29, 0.717) is 11.7 Å². The average Bonchev–Trinajstić information content (AvgIpc) is 3.38. The lowest BCUT2D eigenvalue weighted by Gasteiger charge is -2.04. The number of anilines is 3. The van der Waals surface area contributed by atoms with Gasteiger partial charge >= 0.3 is 0 Å². The Labute approximate surface area is 174 Å². The maximum Gasteiger partial charge on any atom is 0.270 e. The van der Waals surface area contributed by atoms with Gasteiger partial charge in [0, 0.05) is 11.8 Å². The molecular weight excluding hydrogens is 404 g/mol. The number of nitrogens with two attached hydrogens (primary N) is 1. The van der Waals surface area contributed by atoms with Crippen molar-refractivity contribution in [2.45, 2.75) is 6.54 Å². The van der Waals surface area contributed by atoms with Gasteiger partial charge in [-0.15, -0.1) is 5.10 Å². The fraction of sp³-hybridized carbons (Fsp3) is 0.0526. The van der Waals surface area contributed by atoms with E-state index in [-0.39, 0.29) is 10.7 Å². The van der Waals surface area contributed by atoms with E-state index in [2.05, 4.69) is 31.1 Å². The minimum absolute atomic E-state index is 0.00878. The number of carbonyl (C=O) groups excluding carboxylic acids is 2. The number of nitrogens with zero attached hydrogens (tertiary/aromatic N) is 5. The Morgan fingerprint density at radius 1 is 1.17 bits per heavy atom. The first-order valence-corrected chi connectivity index (χ1v) is 9.65. The van der Waals surface area contributed by atoms with Crippen LogP contribution in [-0.4, -0.2) is 37.0 Å². The van der Waals surface area contributed by atoms with Crippen LogP contribution in [0.25, 0.3) is 10.8 Å². The Morgan fingerprint density at radius 3 is 2.77 bits per heavy atom. The van der Waals surface area contributed by atoms with E-state index < -0.39 is 11.8 Å². The molecule has 4 N–H and O–H groups in total. The third-order valence-corrected chi connectivity index (χ3v) is 4.94. The highest BCUT2D eigenvalue weighted by atomic mass is 32.1. The van der Waals surface area contributed by atoms with Crippen LogP contribution in [0.3, 0.4) is 0 Å². The molecular formula is C19H16N8O2S. The van der Waals surface area contributed by atoms with E-state index in [1.54, 1.807) is 6.08 Å². The van der Waals surface area contributed by atoms with Gasteiger partial charge in [-0.25, -0.2) is 9.67 Å². The first-order chi connectivity index (χ1) is 14.6. The van der Waals surface area contributed by atoms with Crippen LogP contribution in [0.15, 0.2) is 60.9 Å². The van der Waals surface area contributed by atoms with Crippen molar-refractivity contribution in [2.24, 2.45) is 5.73 Å². The zero-order valence-corrected chi connectivity index (χ0v) is 16.3. The number of primary amides is 1. The molecule has 0 aliphatic carbocycles. The van der Waals surface area contributed by atoms with Crippen molar-refractivity contribution in [2.75, 3.05) is 10.6 Å². The summed E-state index contributed by atoms with van der Waals surface area (Å²) in [5.74, 6) is -1.16. The molecule has 2 aromatic heterocycles. The normalized spacial score (nSPS) is 11.1. The molecule has 2 amide bonds. The number of amides is 2. The van der Waals surface area contributed by atoms with Gasteiger partial charge in [0.05, 0.1) is 6.54 Å². The second-order valence-electron chi connectivity index (χ2n) is 6.17. The van der Waals surface area contributed by atoms with Gasteiger partial charge in [-0.1, -0.05) is 47.7 Å². The van der Waals surface area contributed by atoms with Crippen LogP contribution in [0.5, 0.6) is 0 Å². The summed E-state index contributed by atoms with van der Waals surface area (Å²) in [4.78, 5) is 28.2. The number of allylic oxidation sites excluding steroid dienone is 1. The number of nitrogens with one attached hydrogen (secondary N) is 2. The number of carbonyl (C=O) groups is 2. The molecule has 0 bridgehead atoms. The minimum Gasteiger partial charge on any atom is -0.364 e. The first-order valence-electron chi connectivity index (χ1n) is 8.83. The fourth-order valence-electron chi connectivity index (χ4n) is 2.70. The van der Waals surface area contributed by atoms with Crippen molar-refractivity contribution >= 4 is 49.7 Å². The third kappa shape index (κ3) is 4.47. The van der Waals surface area contributed by atoms with Gasteiger partial charge in [-0.2, -0.15) is 0 Å². The molecule has 2 aromatic carbocycles. The van der Waals surface area contributed by atoms with Crippen molar-refractivity contribution in [1.82, 2.24) is 25.2 Å². The zero-order valence-electron chi connectivity index (χ0n) is 15.5. The Balaban J connectivity index is 1.48. The van der Waals surface area contributed by atoms with Crippen molar-refractivity contribution in [3.05, 3.63) is 66.6 Å². The molecule has 0 atom stereocenters. The van der Waals surface area contributed by atoms with Gasteiger partial charge in [0.2, 0.25) is 5.91 Å². The van der Waals surface area contributed by atoms with Gasteiger partial charge in [-0.05, 0) is 33.3 Å². The lowest BCUT2D eigenvalue weighted by Crippen LogP contribution is -2.16. The van der Waals surface area contributed by atoms with Gasteiger partial charge < -0.3 is 16.4 Å². The molecule has 0 unspecified atom stereocenters. The number of thiazole rings is 1. The predicted octanol–water partition coefficient (Wildman–Crippen LogP) is 2.32. The van der Waals surface area contributed by atoms with Gasteiger partial charge in [-0.3, -0.25) is 9.59 Å². The van der Waals surface area contributed by atoms with E-state index in [9.17, 15) is 9.59 Å².